The van der Waals surface area contributed by atoms with Gasteiger partial charge in [0.1, 0.15) is 5.75 Å². The highest BCUT2D eigenvalue weighted by molar-refractivity contribution is 7.99. The Morgan fingerprint density at radius 1 is 1.06 bits per heavy atom. The van der Waals surface area contributed by atoms with E-state index in [-0.39, 0.29) is 11.7 Å². The van der Waals surface area contributed by atoms with Crippen LogP contribution in [0.1, 0.15) is 0 Å². The molecule has 0 atom stereocenters. The normalized spacial score (nSPS) is 10.7. The molecule has 0 unspecified atom stereocenters. The Morgan fingerprint density at radius 2 is 1.79 bits per heavy atom. The summed E-state index contributed by atoms with van der Waals surface area (Å²) in [5.41, 5.74) is 3.49. The molecule has 9 heteroatoms. The second-order valence-corrected chi connectivity index (χ2v) is 9.01. The van der Waals surface area contributed by atoms with Gasteiger partial charge >= 0.3 is 0 Å². The van der Waals surface area contributed by atoms with Crippen molar-refractivity contribution in [1.29, 1.82) is 0 Å². The standard InChI is InChI=1S/C25H24ClN5O2S/c1-30(2)20-13-9-19(10-14-20)27-23(32)16-34-25-29-28-24(17-5-4-6-22(15-17)33-3)31(25)21-11-7-18(26)8-12-21/h4-15H,16H2,1-3H3,(H,27,32). The highest BCUT2D eigenvalue weighted by atomic mass is 35.5. The number of amides is 1. The first-order chi connectivity index (χ1) is 16.4. The van der Waals surface area contributed by atoms with E-state index in [1.807, 2.05) is 96.4 Å². The second kappa shape index (κ2) is 10.6. The lowest BCUT2D eigenvalue weighted by molar-refractivity contribution is -0.113. The highest BCUT2D eigenvalue weighted by Crippen LogP contribution is 2.30. The lowest BCUT2D eigenvalue weighted by Crippen LogP contribution is -2.15. The van der Waals surface area contributed by atoms with Gasteiger partial charge in [-0.15, -0.1) is 10.2 Å². The Kier molecular flexibility index (Phi) is 7.40. The van der Waals surface area contributed by atoms with Crippen molar-refractivity contribution in [2.45, 2.75) is 5.16 Å². The molecule has 0 bridgehead atoms. The molecule has 0 radical (unpaired) electrons. The van der Waals surface area contributed by atoms with Gasteiger partial charge in [-0.2, -0.15) is 0 Å². The average molecular weight is 494 g/mol. The maximum Gasteiger partial charge on any atom is 0.234 e. The minimum absolute atomic E-state index is 0.129. The first-order valence-electron chi connectivity index (χ1n) is 10.5. The fourth-order valence-electron chi connectivity index (χ4n) is 3.31. The van der Waals surface area contributed by atoms with E-state index in [9.17, 15) is 4.79 Å². The molecular weight excluding hydrogens is 470 g/mol. The fraction of sp³-hybridized carbons (Fsp3) is 0.160. The number of halogens is 1. The summed E-state index contributed by atoms with van der Waals surface area (Å²) in [5, 5.41) is 12.9. The van der Waals surface area contributed by atoms with Crippen molar-refractivity contribution in [3.63, 3.8) is 0 Å². The maximum atomic E-state index is 12.6. The lowest BCUT2D eigenvalue weighted by Gasteiger charge is -2.13. The first-order valence-corrected chi connectivity index (χ1v) is 11.9. The van der Waals surface area contributed by atoms with Crippen LogP contribution < -0.4 is 15.0 Å². The number of methoxy groups -OCH3 is 1. The van der Waals surface area contributed by atoms with Gasteiger partial charge in [-0.1, -0.05) is 35.5 Å². The van der Waals surface area contributed by atoms with Gasteiger partial charge in [0, 0.05) is 41.7 Å². The number of carbonyl (C=O) groups is 1. The minimum atomic E-state index is -0.129. The first kappa shape index (κ1) is 23.7. The Bertz CT molecular complexity index is 1270. The quantitative estimate of drug-likeness (QED) is 0.332. The zero-order valence-electron chi connectivity index (χ0n) is 19.0. The van der Waals surface area contributed by atoms with Crippen molar-refractivity contribution in [1.82, 2.24) is 14.8 Å². The number of benzene rings is 3. The van der Waals surface area contributed by atoms with Crippen LogP contribution >= 0.6 is 23.4 Å². The molecule has 0 fully saturated rings. The van der Waals surface area contributed by atoms with Crippen LogP contribution in [0.15, 0.2) is 78.0 Å². The molecule has 1 amide bonds. The third kappa shape index (κ3) is 5.52. The molecule has 1 aromatic heterocycles. The zero-order chi connectivity index (χ0) is 24.1. The van der Waals surface area contributed by atoms with E-state index in [2.05, 4.69) is 15.5 Å². The van der Waals surface area contributed by atoms with Crippen molar-refractivity contribution in [2.24, 2.45) is 0 Å². The molecule has 4 aromatic rings. The van der Waals surface area contributed by atoms with Gasteiger partial charge in [0.2, 0.25) is 5.91 Å². The smallest absolute Gasteiger partial charge is 0.234 e. The summed E-state index contributed by atoms with van der Waals surface area (Å²) in [6, 6.07) is 22.7. The molecular formula is C25H24ClN5O2S. The van der Waals surface area contributed by atoms with Crippen molar-refractivity contribution in [2.75, 3.05) is 37.2 Å². The fourth-order valence-corrected chi connectivity index (χ4v) is 4.18. The number of nitrogens with one attached hydrogen (secondary N) is 1. The second-order valence-electron chi connectivity index (χ2n) is 7.63. The summed E-state index contributed by atoms with van der Waals surface area (Å²) in [5.74, 6) is 1.41. The van der Waals surface area contributed by atoms with E-state index in [1.165, 1.54) is 11.8 Å². The number of anilines is 2. The third-order valence-electron chi connectivity index (χ3n) is 5.05. The van der Waals surface area contributed by atoms with Gasteiger partial charge in [-0.25, -0.2) is 0 Å². The largest absolute Gasteiger partial charge is 0.497 e. The summed E-state index contributed by atoms with van der Waals surface area (Å²) < 4.78 is 7.28. The molecule has 0 saturated heterocycles. The van der Waals surface area contributed by atoms with Gasteiger partial charge in [-0.3, -0.25) is 9.36 Å². The molecule has 174 valence electrons. The lowest BCUT2D eigenvalue weighted by atomic mass is 10.2. The Labute approximate surface area is 207 Å². The van der Waals surface area contributed by atoms with E-state index in [4.69, 9.17) is 16.3 Å². The van der Waals surface area contributed by atoms with Crippen molar-refractivity contribution >= 4 is 40.6 Å². The number of aromatic nitrogens is 3. The molecule has 7 nitrogen and oxygen atoms in total. The highest BCUT2D eigenvalue weighted by Gasteiger charge is 2.18. The number of hydrogen-bond acceptors (Lipinski definition) is 6. The van der Waals surface area contributed by atoms with E-state index >= 15 is 0 Å². The van der Waals surface area contributed by atoms with Crippen LogP contribution in [0.4, 0.5) is 11.4 Å². The van der Waals surface area contributed by atoms with E-state index in [0.717, 1.165) is 28.4 Å². The number of carbonyl (C=O) groups excluding carboxylic acids is 1. The Morgan fingerprint density at radius 3 is 2.47 bits per heavy atom. The number of thioether (sulfide) groups is 1. The molecule has 1 N–H and O–H groups in total. The van der Waals surface area contributed by atoms with Gasteiger partial charge in [0.15, 0.2) is 11.0 Å². The number of ether oxygens (including phenoxy) is 1. The topological polar surface area (TPSA) is 72.3 Å². The average Bonchev–Trinajstić information content (AvgIpc) is 3.27. The Balaban J connectivity index is 1.57. The monoisotopic (exact) mass is 493 g/mol. The van der Waals surface area contributed by atoms with Crippen LogP contribution in [0.25, 0.3) is 17.1 Å². The van der Waals surface area contributed by atoms with Crippen LogP contribution in [0.5, 0.6) is 5.75 Å². The number of nitrogens with zero attached hydrogens (tertiary/aromatic N) is 4. The zero-order valence-corrected chi connectivity index (χ0v) is 20.6. The number of hydrogen-bond donors (Lipinski definition) is 1. The summed E-state index contributed by atoms with van der Waals surface area (Å²) in [7, 11) is 5.57. The molecule has 34 heavy (non-hydrogen) atoms. The number of rotatable bonds is 8. The summed E-state index contributed by atoms with van der Waals surface area (Å²) in [6.07, 6.45) is 0. The van der Waals surface area contributed by atoms with Gasteiger partial charge in [-0.05, 0) is 60.7 Å². The summed E-state index contributed by atoms with van der Waals surface area (Å²) in [6.45, 7) is 0. The maximum absolute atomic E-state index is 12.6. The van der Waals surface area contributed by atoms with Crippen molar-refractivity contribution in [3.8, 4) is 22.8 Å². The predicted octanol–water partition coefficient (Wildman–Crippen LogP) is 5.39. The van der Waals surface area contributed by atoms with Gasteiger partial charge in [0.25, 0.3) is 0 Å². The SMILES string of the molecule is COc1cccc(-c2nnc(SCC(=O)Nc3ccc(N(C)C)cc3)n2-c2ccc(Cl)cc2)c1. The molecule has 1 heterocycles. The molecule has 0 saturated carbocycles. The molecule has 0 spiro atoms. The van der Waals surface area contributed by atoms with Crippen LogP contribution in [-0.2, 0) is 4.79 Å². The molecule has 0 aliphatic rings. The summed E-state index contributed by atoms with van der Waals surface area (Å²) >= 11 is 7.41. The predicted molar refractivity (Wildman–Crippen MR) is 138 cm³/mol. The van der Waals surface area contributed by atoms with Crippen LogP contribution in [0, 0.1) is 0 Å². The van der Waals surface area contributed by atoms with E-state index in [1.54, 1.807) is 7.11 Å². The van der Waals surface area contributed by atoms with Crippen LogP contribution in [0.3, 0.4) is 0 Å². The van der Waals surface area contributed by atoms with Gasteiger partial charge < -0.3 is 15.0 Å². The molecule has 3 aromatic carbocycles. The van der Waals surface area contributed by atoms with E-state index < -0.39 is 0 Å². The Hall–Kier alpha value is -3.49. The minimum Gasteiger partial charge on any atom is -0.497 e. The van der Waals surface area contributed by atoms with Crippen molar-refractivity contribution < 1.29 is 9.53 Å². The van der Waals surface area contributed by atoms with Crippen molar-refractivity contribution in [3.05, 3.63) is 77.8 Å². The third-order valence-corrected chi connectivity index (χ3v) is 6.23. The van der Waals surface area contributed by atoms with Crippen LogP contribution in [0.2, 0.25) is 5.02 Å². The molecule has 0 aliphatic carbocycles. The van der Waals surface area contributed by atoms with E-state index in [0.29, 0.717) is 16.0 Å². The summed E-state index contributed by atoms with van der Waals surface area (Å²) in [4.78, 5) is 14.6. The molecule has 4 rings (SSSR count). The van der Waals surface area contributed by atoms with Crippen LogP contribution in [-0.4, -0.2) is 47.6 Å². The molecule has 0 aliphatic heterocycles. The van der Waals surface area contributed by atoms with Gasteiger partial charge in [0.05, 0.1) is 12.9 Å².